The summed E-state index contributed by atoms with van der Waals surface area (Å²) in [6, 6.07) is 8.55. The topological polar surface area (TPSA) is 119 Å². The molecule has 9 nitrogen and oxygen atoms in total. The molecule has 2 aromatic heterocycles. The summed E-state index contributed by atoms with van der Waals surface area (Å²) in [7, 11) is 0. The molecular weight excluding hydrogens is 480 g/mol. The van der Waals surface area contributed by atoms with E-state index in [1.165, 1.54) is 56.8 Å². The molecule has 4 heterocycles. The van der Waals surface area contributed by atoms with E-state index < -0.39 is 0 Å². The fourth-order valence-corrected chi connectivity index (χ4v) is 6.83. The highest BCUT2D eigenvalue weighted by Crippen LogP contribution is 2.49. The van der Waals surface area contributed by atoms with Gasteiger partial charge in [0, 0.05) is 18.9 Å². The van der Waals surface area contributed by atoms with Gasteiger partial charge in [0.1, 0.15) is 6.26 Å². The normalized spacial score (nSPS) is 25.2. The Balaban J connectivity index is 1.04. The maximum Gasteiger partial charge on any atom is 0.273 e. The van der Waals surface area contributed by atoms with E-state index in [-0.39, 0.29) is 30.0 Å². The maximum atomic E-state index is 12.8. The highest BCUT2D eigenvalue weighted by Gasteiger charge is 2.51. The monoisotopic (exact) mass is 518 g/mol. The lowest BCUT2D eigenvalue weighted by atomic mass is 9.76. The van der Waals surface area contributed by atoms with Gasteiger partial charge in [-0.15, -0.1) is 5.10 Å². The molecule has 2 aliphatic heterocycles. The van der Waals surface area contributed by atoms with Gasteiger partial charge in [0.25, 0.3) is 5.91 Å². The molecule has 0 spiro atoms. The predicted molar refractivity (Wildman–Crippen MR) is 141 cm³/mol. The van der Waals surface area contributed by atoms with Crippen LogP contribution in [-0.2, 0) is 17.6 Å². The van der Waals surface area contributed by atoms with Crippen LogP contribution in [0, 0.1) is 11.8 Å². The highest BCUT2D eigenvalue weighted by molar-refractivity contribution is 5.91. The Morgan fingerprint density at radius 1 is 1.05 bits per heavy atom. The number of nitrogens with zero attached hydrogens (tertiary/aromatic N) is 4. The summed E-state index contributed by atoms with van der Waals surface area (Å²) in [6.45, 7) is 0.689. The van der Waals surface area contributed by atoms with Gasteiger partial charge in [-0.2, -0.15) is 0 Å². The third-order valence-corrected chi connectivity index (χ3v) is 8.74. The molecule has 1 aliphatic carbocycles. The van der Waals surface area contributed by atoms with Crippen LogP contribution in [0.4, 0.5) is 0 Å². The average molecular weight is 519 g/mol. The molecule has 0 radical (unpaired) electrons. The van der Waals surface area contributed by atoms with Crippen LogP contribution in [-0.4, -0.2) is 50.3 Å². The summed E-state index contributed by atoms with van der Waals surface area (Å²) in [6.07, 6.45) is 15.8. The number of carbonyl (C=O) groups excluding carboxylic acids is 1. The Bertz CT molecular complexity index is 1190. The number of unbranched alkanes of at least 4 members (excludes halogenated alkanes) is 1. The number of hydrogen-bond donors (Lipinski definition) is 2. The van der Waals surface area contributed by atoms with E-state index in [2.05, 4.69) is 55.2 Å². The van der Waals surface area contributed by atoms with Gasteiger partial charge in [0.15, 0.2) is 11.5 Å². The fourth-order valence-electron chi connectivity index (χ4n) is 6.83. The second kappa shape index (κ2) is 11.8. The second-order valence-corrected chi connectivity index (χ2v) is 11.4. The van der Waals surface area contributed by atoms with Crippen LogP contribution in [0.1, 0.15) is 103 Å². The van der Waals surface area contributed by atoms with Gasteiger partial charge in [0.05, 0.1) is 18.1 Å². The Morgan fingerprint density at radius 2 is 1.92 bits per heavy atom. The number of H-pyrrole nitrogens is 1. The molecule has 4 atom stereocenters. The lowest BCUT2D eigenvalue weighted by Gasteiger charge is -2.26. The molecular formula is C29H38N6O3. The van der Waals surface area contributed by atoms with Crippen molar-refractivity contribution in [2.75, 3.05) is 6.54 Å². The number of amides is 1. The molecule has 6 rings (SSSR count). The number of rotatable bonds is 11. The van der Waals surface area contributed by atoms with Crippen LogP contribution < -0.4 is 5.32 Å². The van der Waals surface area contributed by atoms with Crippen molar-refractivity contribution in [3.05, 3.63) is 59.1 Å². The second-order valence-electron chi connectivity index (χ2n) is 11.4. The third-order valence-electron chi connectivity index (χ3n) is 8.74. The smallest absolute Gasteiger partial charge is 0.273 e. The van der Waals surface area contributed by atoms with Crippen LogP contribution in [0.15, 0.2) is 34.9 Å². The molecule has 1 aromatic carbocycles. The largest absolute Gasteiger partial charge is 0.448 e. The van der Waals surface area contributed by atoms with E-state index in [1.807, 2.05) is 0 Å². The number of aromatic nitrogens is 5. The molecule has 3 fully saturated rings. The van der Waals surface area contributed by atoms with Crippen LogP contribution in [0.2, 0.25) is 0 Å². The molecule has 2 saturated heterocycles. The zero-order valence-corrected chi connectivity index (χ0v) is 22.0. The van der Waals surface area contributed by atoms with E-state index in [4.69, 9.17) is 9.15 Å². The first-order chi connectivity index (χ1) is 18.7. The van der Waals surface area contributed by atoms with Crippen molar-refractivity contribution in [1.29, 1.82) is 0 Å². The summed E-state index contributed by atoms with van der Waals surface area (Å²) in [5.74, 6) is 2.46. The molecule has 202 valence electrons. The van der Waals surface area contributed by atoms with Crippen molar-refractivity contribution in [2.45, 2.75) is 95.2 Å². The minimum atomic E-state index is -0.145. The summed E-state index contributed by atoms with van der Waals surface area (Å²) < 4.78 is 12.2. The van der Waals surface area contributed by atoms with Crippen molar-refractivity contribution < 1.29 is 13.9 Å². The van der Waals surface area contributed by atoms with Crippen molar-refractivity contribution >= 4 is 5.91 Å². The van der Waals surface area contributed by atoms with Gasteiger partial charge in [-0.1, -0.05) is 69.2 Å². The number of fused-ring (bicyclic) bond motifs is 2. The van der Waals surface area contributed by atoms with Crippen molar-refractivity contribution in [3.63, 3.8) is 0 Å². The predicted octanol–water partition coefficient (Wildman–Crippen LogP) is 4.76. The van der Waals surface area contributed by atoms with E-state index >= 15 is 0 Å². The maximum absolute atomic E-state index is 12.8. The lowest BCUT2D eigenvalue weighted by molar-refractivity contribution is 0.0898. The standard InChI is InChI=1S/C29H38N6O3/c36-28(30-14-5-4-9-19-7-2-1-3-8-19)23-18-37-29(31-23)27-22(24-12-13-25(27)38-24)16-20-10-6-11-21(15-20)17-26-32-34-35-33-26/h6,10-11,15,18-19,22,24-25,27H,1-5,7-9,12-14,16-17H2,(H,30,36)(H,32,33,34,35). The lowest BCUT2D eigenvalue weighted by Crippen LogP contribution is -2.28. The van der Waals surface area contributed by atoms with E-state index in [0.717, 1.165) is 43.0 Å². The number of benzene rings is 1. The number of ether oxygens (including phenoxy) is 1. The first-order valence-corrected chi connectivity index (χ1v) is 14.4. The van der Waals surface area contributed by atoms with Gasteiger partial charge in [-0.05, 0) is 53.2 Å². The number of tetrazole rings is 1. The van der Waals surface area contributed by atoms with Crippen LogP contribution in [0.3, 0.4) is 0 Å². The van der Waals surface area contributed by atoms with Gasteiger partial charge in [-0.3, -0.25) is 4.79 Å². The van der Waals surface area contributed by atoms with Crippen LogP contribution >= 0.6 is 0 Å². The SMILES string of the molecule is O=C(NCCCCC1CCCCC1)c1coc(C2C3CCC(O3)C2Cc2cccc(Cc3nnn[nH]3)c2)n1. The molecule has 38 heavy (non-hydrogen) atoms. The molecule has 9 heteroatoms. The van der Waals surface area contributed by atoms with Gasteiger partial charge >= 0.3 is 0 Å². The first-order valence-electron chi connectivity index (χ1n) is 14.4. The van der Waals surface area contributed by atoms with E-state index in [1.54, 1.807) is 0 Å². The quantitative estimate of drug-likeness (QED) is 0.351. The number of oxazole rings is 1. The molecule has 4 unspecified atom stereocenters. The van der Waals surface area contributed by atoms with Crippen molar-refractivity contribution in [3.8, 4) is 0 Å². The molecule has 3 aromatic rings. The molecule has 1 saturated carbocycles. The van der Waals surface area contributed by atoms with Gasteiger partial charge in [0.2, 0.25) is 5.89 Å². The summed E-state index contributed by atoms with van der Waals surface area (Å²) in [5.41, 5.74) is 2.78. The number of nitrogens with one attached hydrogen (secondary N) is 2. The molecule has 2 bridgehead atoms. The number of hydrogen-bond acceptors (Lipinski definition) is 7. The van der Waals surface area contributed by atoms with E-state index in [9.17, 15) is 4.79 Å². The average Bonchev–Trinajstić information content (AvgIpc) is 3.75. The fraction of sp³-hybridized carbons (Fsp3) is 0.621. The van der Waals surface area contributed by atoms with Crippen LogP contribution in [0.25, 0.3) is 0 Å². The Kier molecular flexibility index (Phi) is 7.81. The number of carbonyl (C=O) groups is 1. The Labute approximate surface area is 223 Å². The molecule has 3 aliphatic rings. The minimum Gasteiger partial charge on any atom is -0.448 e. The van der Waals surface area contributed by atoms with E-state index in [0.29, 0.717) is 24.6 Å². The molecule has 1 amide bonds. The van der Waals surface area contributed by atoms with Crippen molar-refractivity contribution in [2.24, 2.45) is 11.8 Å². The van der Waals surface area contributed by atoms with Crippen LogP contribution in [0.5, 0.6) is 0 Å². The Hall–Kier alpha value is -3.07. The molecule has 2 N–H and O–H groups in total. The van der Waals surface area contributed by atoms with Gasteiger partial charge < -0.3 is 14.5 Å². The number of aromatic amines is 1. The minimum absolute atomic E-state index is 0.0629. The summed E-state index contributed by atoms with van der Waals surface area (Å²) >= 11 is 0. The first kappa shape index (κ1) is 25.2. The zero-order valence-electron chi connectivity index (χ0n) is 22.0. The highest BCUT2D eigenvalue weighted by atomic mass is 16.5. The van der Waals surface area contributed by atoms with Crippen molar-refractivity contribution in [1.82, 2.24) is 30.9 Å². The third kappa shape index (κ3) is 5.82. The summed E-state index contributed by atoms with van der Waals surface area (Å²) in [5, 5.41) is 17.2. The summed E-state index contributed by atoms with van der Waals surface area (Å²) in [4.78, 5) is 17.4. The Morgan fingerprint density at radius 3 is 2.79 bits per heavy atom. The zero-order chi connectivity index (χ0) is 25.7. The van der Waals surface area contributed by atoms with Gasteiger partial charge in [-0.25, -0.2) is 10.1 Å².